The maximum atomic E-state index is 12.6. The average Bonchev–Trinajstić information content (AvgIpc) is 3.15. The number of Topliss-reactive ketones (excluding diaryl/α,β-unsaturated/α-hetero) is 1. The largest absolute Gasteiger partial charge is 0.377 e. The van der Waals surface area contributed by atoms with E-state index in [0.29, 0.717) is 21.4 Å². The Labute approximate surface area is 166 Å². The highest BCUT2D eigenvalue weighted by Gasteiger charge is 2.18. The number of methoxy groups -OCH3 is 1. The van der Waals surface area contributed by atoms with Crippen molar-refractivity contribution in [3.63, 3.8) is 0 Å². The molecule has 0 aliphatic heterocycles. The van der Waals surface area contributed by atoms with E-state index in [1.807, 2.05) is 6.92 Å². The summed E-state index contributed by atoms with van der Waals surface area (Å²) in [5.41, 5.74) is 2.23. The molecule has 0 unspecified atom stereocenters. The lowest BCUT2D eigenvalue weighted by atomic mass is 9.98. The quantitative estimate of drug-likeness (QED) is 0.598. The standard InChI is InChI=1S/C18H17Cl2N5O2/c1-11(27-2)17-13(9-21-10-16(17)20)7-14(26)5-12-6-15(19)18(22-8-12)25-23-3-4-24-25/h3-4,6,8-11H,5,7H2,1-2H3/t11-/m0/s1. The van der Waals surface area contributed by atoms with Gasteiger partial charge in [-0.2, -0.15) is 10.2 Å². The number of hydrogen-bond donors (Lipinski definition) is 0. The molecule has 3 heterocycles. The number of aromatic nitrogens is 5. The molecule has 0 bridgehead atoms. The molecule has 0 N–H and O–H groups in total. The molecule has 0 spiro atoms. The first-order valence-electron chi connectivity index (χ1n) is 8.17. The number of carbonyl (C=O) groups is 1. The topological polar surface area (TPSA) is 82.8 Å². The Balaban J connectivity index is 1.75. The van der Waals surface area contributed by atoms with Gasteiger partial charge in [0.05, 0.1) is 28.5 Å². The third-order valence-electron chi connectivity index (χ3n) is 4.06. The summed E-state index contributed by atoms with van der Waals surface area (Å²) in [5, 5.41) is 8.85. The minimum Gasteiger partial charge on any atom is -0.377 e. The van der Waals surface area contributed by atoms with Crippen molar-refractivity contribution in [2.24, 2.45) is 0 Å². The molecular weight excluding hydrogens is 389 g/mol. The molecule has 3 aromatic rings. The molecule has 0 radical (unpaired) electrons. The third kappa shape index (κ3) is 4.50. The van der Waals surface area contributed by atoms with Gasteiger partial charge >= 0.3 is 0 Å². The van der Waals surface area contributed by atoms with Crippen LogP contribution in [-0.4, -0.2) is 37.9 Å². The van der Waals surface area contributed by atoms with Crippen LogP contribution in [0.4, 0.5) is 0 Å². The van der Waals surface area contributed by atoms with Crippen molar-refractivity contribution in [1.29, 1.82) is 0 Å². The van der Waals surface area contributed by atoms with Crippen molar-refractivity contribution in [3.05, 3.63) is 63.8 Å². The van der Waals surface area contributed by atoms with Crippen molar-refractivity contribution < 1.29 is 9.53 Å². The molecule has 3 rings (SSSR count). The van der Waals surface area contributed by atoms with Gasteiger partial charge in [0, 0.05) is 44.1 Å². The second-order valence-electron chi connectivity index (χ2n) is 5.93. The summed E-state index contributed by atoms with van der Waals surface area (Å²) in [6, 6.07) is 1.69. The Kier molecular flexibility index (Phi) is 6.15. The number of ether oxygens (including phenoxy) is 1. The Morgan fingerprint density at radius 1 is 1.15 bits per heavy atom. The van der Waals surface area contributed by atoms with Crippen LogP contribution in [0.1, 0.15) is 29.7 Å². The van der Waals surface area contributed by atoms with Crippen LogP contribution >= 0.6 is 23.2 Å². The SMILES string of the molecule is CO[C@@H](C)c1c(Cl)cncc1CC(=O)Cc1cnc(-n2nccn2)c(Cl)c1. The minimum absolute atomic E-state index is 0.00792. The first kappa shape index (κ1) is 19.4. The molecular formula is C18H17Cl2N5O2. The Hall–Kier alpha value is -2.35. The van der Waals surface area contributed by atoms with E-state index in [2.05, 4.69) is 20.2 Å². The predicted octanol–water partition coefficient (Wildman–Crippen LogP) is 3.43. The number of pyridine rings is 2. The lowest BCUT2D eigenvalue weighted by Gasteiger charge is -2.16. The maximum absolute atomic E-state index is 12.6. The van der Waals surface area contributed by atoms with Crippen molar-refractivity contribution in [2.75, 3.05) is 7.11 Å². The van der Waals surface area contributed by atoms with E-state index in [-0.39, 0.29) is 24.7 Å². The van der Waals surface area contributed by atoms with E-state index >= 15 is 0 Å². The lowest BCUT2D eigenvalue weighted by Crippen LogP contribution is -2.12. The van der Waals surface area contributed by atoms with Crippen molar-refractivity contribution in [3.8, 4) is 5.82 Å². The number of hydrogen-bond acceptors (Lipinski definition) is 6. The second kappa shape index (κ2) is 8.56. The fourth-order valence-corrected chi connectivity index (χ4v) is 3.34. The van der Waals surface area contributed by atoms with E-state index in [4.69, 9.17) is 27.9 Å². The Morgan fingerprint density at radius 3 is 2.56 bits per heavy atom. The normalized spacial score (nSPS) is 12.1. The zero-order valence-electron chi connectivity index (χ0n) is 14.8. The summed E-state index contributed by atoms with van der Waals surface area (Å²) in [4.78, 5) is 22.2. The van der Waals surface area contributed by atoms with Gasteiger partial charge in [-0.3, -0.25) is 9.78 Å². The molecule has 3 aromatic heterocycles. The maximum Gasteiger partial charge on any atom is 0.193 e. The molecule has 0 saturated heterocycles. The molecule has 9 heteroatoms. The van der Waals surface area contributed by atoms with Gasteiger partial charge in [0.2, 0.25) is 0 Å². The highest BCUT2D eigenvalue weighted by atomic mass is 35.5. The smallest absolute Gasteiger partial charge is 0.193 e. The molecule has 7 nitrogen and oxygen atoms in total. The highest BCUT2D eigenvalue weighted by Crippen LogP contribution is 2.28. The minimum atomic E-state index is -0.236. The van der Waals surface area contributed by atoms with Gasteiger partial charge < -0.3 is 4.74 Å². The summed E-state index contributed by atoms with van der Waals surface area (Å²) >= 11 is 12.5. The van der Waals surface area contributed by atoms with E-state index < -0.39 is 0 Å². The van der Waals surface area contributed by atoms with Gasteiger partial charge in [-0.1, -0.05) is 23.2 Å². The van der Waals surface area contributed by atoms with Crippen LogP contribution in [0.25, 0.3) is 5.82 Å². The zero-order chi connectivity index (χ0) is 19.4. The van der Waals surface area contributed by atoms with Crippen LogP contribution in [0.15, 0.2) is 37.1 Å². The molecule has 0 fully saturated rings. The van der Waals surface area contributed by atoms with E-state index in [0.717, 1.165) is 11.1 Å². The van der Waals surface area contributed by atoms with Gasteiger partial charge in [-0.15, -0.1) is 4.80 Å². The second-order valence-corrected chi connectivity index (χ2v) is 6.75. The first-order valence-corrected chi connectivity index (χ1v) is 8.93. The zero-order valence-corrected chi connectivity index (χ0v) is 16.3. The average molecular weight is 406 g/mol. The molecule has 0 aliphatic rings. The molecule has 1 atom stereocenters. The summed E-state index contributed by atoms with van der Waals surface area (Å²) in [6.45, 7) is 1.88. The Morgan fingerprint density at radius 2 is 1.89 bits per heavy atom. The highest BCUT2D eigenvalue weighted by molar-refractivity contribution is 6.32. The Bertz CT molecular complexity index is 947. The third-order valence-corrected chi connectivity index (χ3v) is 4.64. The lowest BCUT2D eigenvalue weighted by molar-refractivity contribution is -0.117. The monoisotopic (exact) mass is 405 g/mol. The summed E-state index contributed by atoms with van der Waals surface area (Å²) in [6.07, 6.45) is 8.00. The van der Waals surface area contributed by atoms with Gasteiger partial charge in [-0.05, 0) is 24.1 Å². The molecule has 27 heavy (non-hydrogen) atoms. The van der Waals surface area contributed by atoms with Crippen molar-refractivity contribution in [2.45, 2.75) is 25.9 Å². The fourth-order valence-electron chi connectivity index (χ4n) is 2.74. The number of nitrogens with zero attached hydrogens (tertiary/aromatic N) is 5. The first-order chi connectivity index (χ1) is 13.0. The van der Waals surface area contributed by atoms with Gasteiger partial charge in [0.1, 0.15) is 5.78 Å². The number of halogens is 2. The molecule has 0 aromatic carbocycles. The molecule has 0 aliphatic carbocycles. The van der Waals surface area contributed by atoms with Crippen molar-refractivity contribution in [1.82, 2.24) is 25.0 Å². The number of ketones is 1. The molecule has 0 amide bonds. The van der Waals surface area contributed by atoms with Crippen LogP contribution in [0.3, 0.4) is 0 Å². The summed E-state index contributed by atoms with van der Waals surface area (Å²) in [7, 11) is 1.59. The van der Waals surface area contributed by atoms with E-state index in [1.165, 1.54) is 17.2 Å². The van der Waals surface area contributed by atoms with Crippen LogP contribution in [0.2, 0.25) is 10.0 Å². The summed E-state index contributed by atoms with van der Waals surface area (Å²) < 4.78 is 5.36. The van der Waals surface area contributed by atoms with Crippen LogP contribution in [-0.2, 0) is 22.4 Å². The number of rotatable bonds is 7. The fraction of sp³-hybridized carbons (Fsp3) is 0.278. The predicted molar refractivity (Wildman–Crippen MR) is 101 cm³/mol. The van der Waals surface area contributed by atoms with Crippen LogP contribution in [0.5, 0.6) is 0 Å². The molecule has 0 saturated carbocycles. The summed E-state index contributed by atoms with van der Waals surface area (Å²) in [5.74, 6) is 0.402. The van der Waals surface area contributed by atoms with Crippen molar-refractivity contribution >= 4 is 29.0 Å². The number of carbonyl (C=O) groups excluding carboxylic acids is 1. The van der Waals surface area contributed by atoms with Gasteiger partial charge in [-0.25, -0.2) is 4.98 Å². The van der Waals surface area contributed by atoms with Gasteiger partial charge in [0.15, 0.2) is 5.82 Å². The van der Waals surface area contributed by atoms with Gasteiger partial charge in [0.25, 0.3) is 0 Å². The van der Waals surface area contributed by atoms with E-state index in [1.54, 1.807) is 31.8 Å². The van der Waals surface area contributed by atoms with Crippen LogP contribution in [0, 0.1) is 0 Å². The molecule has 140 valence electrons. The van der Waals surface area contributed by atoms with Crippen LogP contribution < -0.4 is 0 Å². The van der Waals surface area contributed by atoms with E-state index in [9.17, 15) is 4.79 Å².